The molecule has 0 aliphatic carbocycles. The minimum Gasteiger partial charge on any atom is -0.364 e. The zero-order chi connectivity index (χ0) is 8.32. The number of H-pyrrole nitrogens is 1. The van der Waals surface area contributed by atoms with E-state index in [9.17, 15) is 0 Å². The molecule has 0 saturated heterocycles. The smallest absolute Gasteiger partial charge is 0.0361 e. The van der Waals surface area contributed by atoms with E-state index in [4.69, 9.17) is 0 Å². The van der Waals surface area contributed by atoms with Gasteiger partial charge in [-0.1, -0.05) is 0 Å². The van der Waals surface area contributed by atoms with Crippen molar-refractivity contribution < 1.29 is 0 Å². The Balaban J connectivity index is 2.35. The van der Waals surface area contributed by atoms with E-state index >= 15 is 0 Å². The fourth-order valence-electron chi connectivity index (χ4n) is 0.838. The van der Waals surface area contributed by atoms with Crippen molar-refractivity contribution in [2.24, 2.45) is 0 Å². The zero-order valence-electron chi connectivity index (χ0n) is 7.44. The van der Waals surface area contributed by atoms with Gasteiger partial charge in [0.2, 0.25) is 0 Å². The van der Waals surface area contributed by atoms with Crippen molar-refractivity contribution in [3.63, 3.8) is 0 Å². The number of nitrogens with one attached hydrogen (secondary N) is 2. The van der Waals surface area contributed by atoms with E-state index in [1.54, 1.807) is 0 Å². The Morgan fingerprint density at radius 2 is 2.18 bits per heavy atom. The second-order valence-corrected chi connectivity index (χ2v) is 3.80. The van der Waals surface area contributed by atoms with Gasteiger partial charge in [-0.3, -0.25) is 0 Å². The maximum atomic E-state index is 3.39. The molecule has 0 amide bonds. The number of rotatable bonds is 2. The normalized spacial score (nSPS) is 11.9. The number of hydrogen-bond donors (Lipinski definition) is 2. The molecule has 2 heteroatoms. The van der Waals surface area contributed by atoms with E-state index < -0.39 is 0 Å². The summed E-state index contributed by atoms with van der Waals surface area (Å²) in [7, 11) is 0. The molecule has 0 atom stereocenters. The van der Waals surface area contributed by atoms with Crippen molar-refractivity contribution in [1.82, 2.24) is 10.3 Å². The Hall–Kier alpha value is -0.760. The SMILES string of the molecule is CC(C)(C)NCc1ccc[nH]1. The van der Waals surface area contributed by atoms with Crippen LogP contribution in [-0.4, -0.2) is 10.5 Å². The van der Waals surface area contributed by atoms with Crippen molar-refractivity contribution in [2.45, 2.75) is 32.9 Å². The first kappa shape index (κ1) is 8.34. The van der Waals surface area contributed by atoms with Crippen LogP contribution in [0.5, 0.6) is 0 Å². The lowest BCUT2D eigenvalue weighted by atomic mass is 10.1. The van der Waals surface area contributed by atoms with Gasteiger partial charge in [0.05, 0.1) is 0 Å². The van der Waals surface area contributed by atoms with Gasteiger partial charge in [-0.2, -0.15) is 0 Å². The predicted octanol–water partition coefficient (Wildman–Crippen LogP) is 1.90. The topological polar surface area (TPSA) is 27.8 Å². The summed E-state index contributed by atoms with van der Waals surface area (Å²) < 4.78 is 0. The van der Waals surface area contributed by atoms with Gasteiger partial charge in [0, 0.05) is 24.0 Å². The Labute approximate surface area is 68.0 Å². The first-order valence-electron chi connectivity index (χ1n) is 3.95. The van der Waals surface area contributed by atoms with Gasteiger partial charge in [-0.15, -0.1) is 0 Å². The molecule has 1 heterocycles. The molecule has 1 aromatic heterocycles. The maximum absolute atomic E-state index is 3.39. The van der Waals surface area contributed by atoms with Gasteiger partial charge in [0.15, 0.2) is 0 Å². The minimum atomic E-state index is 0.200. The number of hydrogen-bond acceptors (Lipinski definition) is 1. The summed E-state index contributed by atoms with van der Waals surface area (Å²) >= 11 is 0. The van der Waals surface area contributed by atoms with Crippen molar-refractivity contribution in [1.29, 1.82) is 0 Å². The predicted molar refractivity (Wildman–Crippen MR) is 47.4 cm³/mol. The molecule has 2 N–H and O–H groups in total. The van der Waals surface area contributed by atoms with Gasteiger partial charge in [0.25, 0.3) is 0 Å². The Kier molecular flexibility index (Phi) is 2.35. The van der Waals surface area contributed by atoms with Crippen LogP contribution in [0.25, 0.3) is 0 Å². The minimum absolute atomic E-state index is 0.200. The third kappa shape index (κ3) is 3.23. The van der Waals surface area contributed by atoms with Crippen LogP contribution >= 0.6 is 0 Å². The van der Waals surface area contributed by atoms with Gasteiger partial charge >= 0.3 is 0 Å². The quantitative estimate of drug-likeness (QED) is 0.665. The molecule has 0 aliphatic rings. The van der Waals surface area contributed by atoms with Crippen LogP contribution in [0.15, 0.2) is 18.3 Å². The molecular formula is C9H16N2. The molecule has 11 heavy (non-hydrogen) atoms. The second kappa shape index (κ2) is 3.09. The van der Waals surface area contributed by atoms with Gasteiger partial charge in [-0.25, -0.2) is 0 Å². The highest BCUT2D eigenvalue weighted by Crippen LogP contribution is 2.01. The molecule has 0 fully saturated rings. The molecule has 0 saturated carbocycles. The largest absolute Gasteiger partial charge is 0.364 e. The third-order valence-electron chi connectivity index (χ3n) is 1.47. The summed E-state index contributed by atoms with van der Waals surface area (Å²) in [4.78, 5) is 3.15. The molecule has 1 aromatic rings. The number of aromatic amines is 1. The standard InChI is InChI=1S/C9H16N2/c1-9(2,3)11-7-8-5-4-6-10-8/h4-6,10-11H,7H2,1-3H3. The third-order valence-corrected chi connectivity index (χ3v) is 1.47. The Morgan fingerprint density at radius 3 is 2.64 bits per heavy atom. The fraction of sp³-hybridized carbons (Fsp3) is 0.556. The molecule has 0 spiro atoms. The summed E-state index contributed by atoms with van der Waals surface area (Å²) in [6.07, 6.45) is 1.94. The molecule has 1 rings (SSSR count). The monoisotopic (exact) mass is 152 g/mol. The molecular weight excluding hydrogens is 136 g/mol. The lowest BCUT2D eigenvalue weighted by Gasteiger charge is -2.19. The van der Waals surface area contributed by atoms with Crippen molar-refractivity contribution >= 4 is 0 Å². The van der Waals surface area contributed by atoms with Crippen LogP contribution in [0.3, 0.4) is 0 Å². The second-order valence-electron chi connectivity index (χ2n) is 3.80. The van der Waals surface area contributed by atoms with Crippen molar-refractivity contribution in [3.8, 4) is 0 Å². The lowest BCUT2D eigenvalue weighted by Crippen LogP contribution is -2.35. The first-order chi connectivity index (χ1) is 5.08. The summed E-state index contributed by atoms with van der Waals surface area (Å²) in [6, 6.07) is 4.10. The van der Waals surface area contributed by atoms with Crippen LogP contribution < -0.4 is 5.32 Å². The molecule has 0 aliphatic heterocycles. The molecule has 0 unspecified atom stereocenters. The summed E-state index contributed by atoms with van der Waals surface area (Å²) in [5, 5.41) is 3.39. The average Bonchev–Trinajstić information content (AvgIpc) is 2.32. The Morgan fingerprint density at radius 1 is 1.45 bits per heavy atom. The molecule has 0 radical (unpaired) electrons. The van der Waals surface area contributed by atoms with E-state index in [2.05, 4.69) is 37.1 Å². The average molecular weight is 152 g/mol. The van der Waals surface area contributed by atoms with E-state index in [-0.39, 0.29) is 5.54 Å². The molecule has 2 nitrogen and oxygen atoms in total. The van der Waals surface area contributed by atoms with Crippen molar-refractivity contribution in [3.05, 3.63) is 24.0 Å². The maximum Gasteiger partial charge on any atom is 0.0361 e. The van der Waals surface area contributed by atoms with Crippen LogP contribution in [0, 0.1) is 0 Å². The van der Waals surface area contributed by atoms with Crippen LogP contribution in [0.4, 0.5) is 0 Å². The van der Waals surface area contributed by atoms with Gasteiger partial charge < -0.3 is 10.3 Å². The van der Waals surface area contributed by atoms with Crippen LogP contribution in [-0.2, 0) is 6.54 Å². The van der Waals surface area contributed by atoms with E-state index in [1.165, 1.54) is 5.69 Å². The highest BCUT2D eigenvalue weighted by molar-refractivity contribution is 5.03. The lowest BCUT2D eigenvalue weighted by molar-refractivity contribution is 0.422. The Bertz CT molecular complexity index is 194. The van der Waals surface area contributed by atoms with Crippen LogP contribution in [0.1, 0.15) is 26.5 Å². The van der Waals surface area contributed by atoms with Crippen molar-refractivity contribution in [2.75, 3.05) is 0 Å². The summed E-state index contributed by atoms with van der Waals surface area (Å²) in [5.74, 6) is 0. The molecule has 0 aromatic carbocycles. The van der Waals surface area contributed by atoms with Gasteiger partial charge in [-0.05, 0) is 32.9 Å². The summed E-state index contributed by atoms with van der Waals surface area (Å²) in [5.41, 5.74) is 1.44. The van der Waals surface area contributed by atoms with Gasteiger partial charge in [0.1, 0.15) is 0 Å². The van der Waals surface area contributed by atoms with E-state index in [0.717, 1.165) is 6.54 Å². The van der Waals surface area contributed by atoms with Crippen LogP contribution in [0.2, 0.25) is 0 Å². The van der Waals surface area contributed by atoms with E-state index in [0.29, 0.717) is 0 Å². The molecule has 0 bridgehead atoms. The first-order valence-corrected chi connectivity index (χ1v) is 3.95. The number of aromatic nitrogens is 1. The fourth-order valence-corrected chi connectivity index (χ4v) is 0.838. The highest BCUT2D eigenvalue weighted by Gasteiger charge is 2.07. The summed E-state index contributed by atoms with van der Waals surface area (Å²) in [6.45, 7) is 7.40. The zero-order valence-corrected chi connectivity index (χ0v) is 7.44. The van der Waals surface area contributed by atoms with E-state index in [1.807, 2.05) is 12.3 Å². The highest BCUT2D eigenvalue weighted by atomic mass is 15.0. The molecule has 62 valence electrons.